The summed E-state index contributed by atoms with van der Waals surface area (Å²) in [6, 6.07) is 78.1. The summed E-state index contributed by atoms with van der Waals surface area (Å²) in [5, 5.41) is 13.8. The van der Waals surface area contributed by atoms with Crippen molar-refractivity contribution in [3.63, 3.8) is 0 Å². The van der Waals surface area contributed by atoms with Gasteiger partial charge in [-0.2, -0.15) is 0 Å². The lowest BCUT2D eigenvalue weighted by Gasteiger charge is -2.26. The van der Waals surface area contributed by atoms with E-state index in [9.17, 15) is 0 Å². The zero-order valence-corrected chi connectivity index (χ0v) is 39.4. The second-order valence-corrected chi connectivity index (χ2v) is 20.6. The Labute approximate surface area is 409 Å². The van der Waals surface area contributed by atoms with Crippen LogP contribution in [0.5, 0.6) is 0 Å². The molecular formula is C65H44N4S. The van der Waals surface area contributed by atoms with Gasteiger partial charge in [-0.05, 0) is 104 Å². The highest BCUT2D eigenvalue weighted by Gasteiger charge is 2.37. The average Bonchev–Trinajstić information content (AvgIpc) is 4.16. The fourth-order valence-corrected chi connectivity index (χ4v) is 13.3. The van der Waals surface area contributed by atoms with E-state index in [-0.39, 0.29) is 11.5 Å². The summed E-state index contributed by atoms with van der Waals surface area (Å²) in [6.45, 7) is 4.72. The van der Waals surface area contributed by atoms with Crippen LogP contribution in [0.4, 0.5) is 0 Å². The summed E-state index contributed by atoms with van der Waals surface area (Å²) < 4.78 is 4.85. The van der Waals surface area contributed by atoms with Crippen LogP contribution < -0.4 is 5.32 Å². The number of para-hydroxylation sites is 1. The van der Waals surface area contributed by atoms with Crippen molar-refractivity contribution in [2.24, 2.45) is 4.99 Å². The molecule has 10 aromatic carbocycles. The smallest absolute Gasteiger partial charge is 0.209 e. The van der Waals surface area contributed by atoms with Crippen LogP contribution in [-0.2, 0) is 5.41 Å². The Balaban J connectivity index is 0.972. The van der Waals surface area contributed by atoms with Crippen molar-refractivity contribution in [1.29, 1.82) is 0 Å². The minimum Gasteiger partial charge on any atom is -0.344 e. The van der Waals surface area contributed by atoms with Crippen molar-refractivity contribution in [3.8, 4) is 27.9 Å². The molecule has 0 amide bonds. The number of aromatic nitrogens is 2. The molecule has 0 fully saturated rings. The predicted molar refractivity (Wildman–Crippen MR) is 297 cm³/mol. The predicted octanol–water partition coefficient (Wildman–Crippen LogP) is 16.5. The molecule has 4 nitrogen and oxygen atoms in total. The summed E-state index contributed by atoms with van der Waals surface area (Å²) >= 11 is 1.84. The summed E-state index contributed by atoms with van der Waals surface area (Å²) in [4.78, 5) is 8.26. The van der Waals surface area contributed by atoms with Gasteiger partial charge in [-0.3, -0.25) is 4.57 Å². The van der Waals surface area contributed by atoms with E-state index in [0.29, 0.717) is 0 Å². The second kappa shape index (κ2) is 14.8. The van der Waals surface area contributed by atoms with Crippen LogP contribution >= 0.6 is 11.8 Å². The van der Waals surface area contributed by atoms with Gasteiger partial charge in [0.05, 0.1) is 33.8 Å². The van der Waals surface area contributed by atoms with E-state index in [2.05, 4.69) is 247 Å². The molecule has 0 bridgehead atoms. The highest BCUT2D eigenvalue weighted by molar-refractivity contribution is 8.12. The van der Waals surface area contributed by atoms with E-state index in [1.54, 1.807) is 0 Å². The zero-order valence-electron chi connectivity index (χ0n) is 38.6. The Kier molecular flexibility index (Phi) is 8.38. The van der Waals surface area contributed by atoms with Gasteiger partial charge in [-0.25, -0.2) is 4.99 Å². The first-order valence-corrected chi connectivity index (χ1v) is 25.1. The Morgan fingerprint density at radius 1 is 0.471 bits per heavy atom. The summed E-state index contributed by atoms with van der Waals surface area (Å²) in [7, 11) is 0. The third-order valence-corrected chi connectivity index (χ3v) is 16.6. The normalized spacial score (nSPS) is 16.0. The standard InChI is InChI=1S/C65H44N4S/c1-65(2)52-26-14-13-24-48(52)49-32-29-43(37-53(49)65)61-63-54(38-58(70-63)41-18-5-3-6-19-41)66-64(67-61)69-55-34-31-42(36-51(55)50-33-28-40-17-10-12-23-47(40)62(50)69)46-25-15-27-56-60(46)59-45-22-11-9-16-39(45)30-35-57(59)68(56)44-20-7-4-8-21-44/h3-38,54H,1-2H3,(H,66,67). The van der Waals surface area contributed by atoms with Gasteiger partial charge in [0.25, 0.3) is 0 Å². The minimum absolute atomic E-state index is 0.0720. The van der Waals surface area contributed by atoms with Gasteiger partial charge < -0.3 is 9.88 Å². The van der Waals surface area contributed by atoms with Crippen molar-refractivity contribution < 1.29 is 0 Å². The van der Waals surface area contributed by atoms with Crippen molar-refractivity contribution in [2.45, 2.75) is 25.3 Å². The lowest BCUT2D eigenvalue weighted by atomic mass is 9.82. The summed E-state index contributed by atoms with van der Waals surface area (Å²) in [5.74, 6) is 0.821. The van der Waals surface area contributed by atoms with E-state index < -0.39 is 0 Å². The number of nitrogens with one attached hydrogen (secondary N) is 1. The number of thioether (sulfide) groups is 1. The average molecular weight is 913 g/mol. The third kappa shape index (κ3) is 5.64. The van der Waals surface area contributed by atoms with Crippen LogP contribution in [-0.4, -0.2) is 21.1 Å². The maximum Gasteiger partial charge on any atom is 0.209 e. The zero-order chi connectivity index (χ0) is 46.2. The van der Waals surface area contributed by atoms with E-state index >= 15 is 0 Å². The van der Waals surface area contributed by atoms with E-state index in [4.69, 9.17) is 4.99 Å². The largest absolute Gasteiger partial charge is 0.344 e. The Hall–Kier alpha value is -8.38. The molecule has 2 aliphatic heterocycles. The number of nitrogens with zero attached hydrogens (tertiary/aromatic N) is 3. The molecule has 0 saturated heterocycles. The maximum absolute atomic E-state index is 5.80. The summed E-state index contributed by atoms with van der Waals surface area (Å²) in [6.07, 6.45) is 2.40. The monoisotopic (exact) mass is 912 g/mol. The van der Waals surface area contributed by atoms with Gasteiger partial charge in [0.2, 0.25) is 5.96 Å². The fraction of sp³-hybridized carbons (Fsp3) is 0.0615. The molecular weight excluding hydrogens is 869 g/mol. The van der Waals surface area contributed by atoms with E-state index in [0.717, 1.165) is 33.9 Å². The SMILES string of the molecule is CC1(C)c2ccccc2-c2ccc(C3=C4SC(c5ccccc5)=CC4NC(n4c5ccc(-c6cccc7c6c6c8ccccc8ccc6n7-c6ccccc6)cc5c5ccc6ccccc6c54)=N3)cc21. The quantitative estimate of drug-likeness (QED) is 0.191. The molecule has 3 aliphatic rings. The maximum atomic E-state index is 5.80. The molecule has 1 N–H and O–H groups in total. The van der Waals surface area contributed by atoms with Crippen LogP contribution in [0.1, 0.15) is 36.1 Å². The first-order chi connectivity index (χ1) is 34.5. The fourth-order valence-electron chi connectivity index (χ4n) is 12.1. The van der Waals surface area contributed by atoms with Crippen molar-refractivity contribution >= 4 is 93.5 Å². The summed E-state index contributed by atoms with van der Waals surface area (Å²) in [5.41, 5.74) is 16.8. The first kappa shape index (κ1) is 39.6. The molecule has 1 aliphatic carbocycles. The molecule has 330 valence electrons. The van der Waals surface area contributed by atoms with Crippen molar-refractivity contribution in [2.75, 3.05) is 0 Å². The number of benzene rings is 10. The Morgan fingerprint density at radius 2 is 1.14 bits per heavy atom. The molecule has 70 heavy (non-hydrogen) atoms. The van der Waals surface area contributed by atoms with Gasteiger partial charge in [-0.15, -0.1) is 0 Å². The van der Waals surface area contributed by atoms with E-state index in [1.807, 2.05) is 11.8 Å². The highest BCUT2D eigenvalue weighted by Crippen LogP contribution is 2.52. The molecule has 15 rings (SSSR count). The molecule has 12 aromatic rings. The molecule has 4 heterocycles. The number of rotatable bonds is 4. The van der Waals surface area contributed by atoms with Gasteiger partial charge in [-0.1, -0.05) is 195 Å². The molecule has 0 radical (unpaired) electrons. The topological polar surface area (TPSA) is 34.2 Å². The van der Waals surface area contributed by atoms with Crippen molar-refractivity contribution in [1.82, 2.24) is 14.5 Å². The van der Waals surface area contributed by atoms with E-state index in [1.165, 1.54) is 103 Å². The molecule has 5 heteroatoms. The van der Waals surface area contributed by atoms with Crippen LogP contribution in [0.15, 0.2) is 228 Å². The van der Waals surface area contributed by atoms with Crippen LogP contribution in [0.3, 0.4) is 0 Å². The number of aliphatic imine (C=N–C) groups is 1. The number of hydrogen-bond donors (Lipinski definition) is 1. The first-order valence-electron chi connectivity index (χ1n) is 24.2. The van der Waals surface area contributed by atoms with Crippen LogP contribution in [0.2, 0.25) is 0 Å². The molecule has 0 saturated carbocycles. The van der Waals surface area contributed by atoms with Gasteiger partial charge >= 0.3 is 0 Å². The lowest BCUT2D eigenvalue weighted by Crippen LogP contribution is -2.40. The van der Waals surface area contributed by atoms with Gasteiger partial charge in [0, 0.05) is 53.4 Å². The minimum atomic E-state index is -0.139. The lowest BCUT2D eigenvalue weighted by molar-refractivity contribution is 0.660. The highest BCUT2D eigenvalue weighted by atomic mass is 32.2. The van der Waals surface area contributed by atoms with Gasteiger partial charge in [0.1, 0.15) is 0 Å². The Bertz CT molecular complexity index is 4320. The second-order valence-electron chi connectivity index (χ2n) is 19.5. The number of hydrogen-bond acceptors (Lipinski definition) is 3. The Morgan fingerprint density at radius 3 is 2.00 bits per heavy atom. The third-order valence-electron chi connectivity index (χ3n) is 15.3. The number of fused-ring (bicyclic) bond motifs is 14. The van der Waals surface area contributed by atoms with Crippen molar-refractivity contribution in [3.05, 3.63) is 246 Å². The molecule has 0 spiro atoms. The molecule has 1 atom stereocenters. The molecule has 1 unspecified atom stereocenters. The molecule has 2 aromatic heterocycles. The van der Waals surface area contributed by atoms with Gasteiger partial charge in [0.15, 0.2) is 0 Å². The van der Waals surface area contributed by atoms with Crippen LogP contribution in [0.25, 0.3) is 104 Å². The van der Waals surface area contributed by atoms with Crippen LogP contribution in [0, 0.1) is 0 Å².